The summed E-state index contributed by atoms with van der Waals surface area (Å²) >= 11 is 0. The molecule has 3 unspecified atom stereocenters. The van der Waals surface area contributed by atoms with Gasteiger partial charge in [-0.3, -0.25) is 4.79 Å². The van der Waals surface area contributed by atoms with E-state index >= 15 is 0 Å². The van der Waals surface area contributed by atoms with Crippen molar-refractivity contribution in [3.63, 3.8) is 0 Å². The molecule has 8 rings (SSSR count). The number of hydrogen-bond acceptors (Lipinski definition) is 4. The molecule has 0 radical (unpaired) electrons. The number of allylic oxidation sites excluding steroid dienone is 2. The van der Waals surface area contributed by atoms with E-state index in [2.05, 4.69) is 89.9 Å². The van der Waals surface area contributed by atoms with Gasteiger partial charge in [0.15, 0.2) is 0 Å². The number of hydrogen-bond donors (Lipinski definition) is 1. The summed E-state index contributed by atoms with van der Waals surface area (Å²) in [5, 5.41) is 15.5. The average molecular weight is 607 g/mol. The van der Waals surface area contributed by atoms with Crippen molar-refractivity contribution in [2.45, 2.75) is 105 Å². The zero-order valence-corrected chi connectivity index (χ0v) is 28.2. The molecule has 45 heavy (non-hydrogen) atoms. The number of aliphatic carboxylic acids is 1. The van der Waals surface area contributed by atoms with E-state index in [0.29, 0.717) is 29.4 Å². The zero-order valence-electron chi connectivity index (χ0n) is 28.2. The van der Waals surface area contributed by atoms with Crippen molar-refractivity contribution in [1.82, 2.24) is 19.6 Å². The van der Waals surface area contributed by atoms with Gasteiger partial charge in [0, 0.05) is 16.5 Å². The Hall–Kier alpha value is -3.02. The predicted molar refractivity (Wildman–Crippen MR) is 177 cm³/mol. The number of carbonyl (C=O) groups is 1. The van der Waals surface area contributed by atoms with E-state index in [1.54, 1.807) is 6.33 Å². The lowest BCUT2D eigenvalue weighted by molar-refractivity contribution is -0.179. The van der Waals surface area contributed by atoms with Gasteiger partial charge in [-0.15, -0.1) is 0 Å². The summed E-state index contributed by atoms with van der Waals surface area (Å²) < 4.78 is 1.97. The number of fused-ring (bicyclic) bond motifs is 9. The molecule has 0 aliphatic heterocycles. The van der Waals surface area contributed by atoms with E-state index < -0.39 is 11.4 Å². The first-order valence-corrected chi connectivity index (χ1v) is 17.5. The lowest BCUT2D eigenvalue weighted by atomic mass is 9.33. The summed E-state index contributed by atoms with van der Waals surface area (Å²) in [4.78, 5) is 22.9. The predicted octanol–water partition coefficient (Wildman–Crippen LogP) is 8.55. The molecule has 238 valence electrons. The fourth-order valence-corrected chi connectivity index (χ4v) is 12.7. The number of rotatable bonds is 2. The summed E-state index contributed by atoms with van der Waals surface area (Å²) in [6.07, 6.45) is 12.2. The maximum absolute atomic E-state index is 13.1. The van der Waals surface area contributed by atoms with E-state index in [4.69, 9.17) is 10.1 Å². The lowest BCUT2D eigenvalue weighted by Gasteiger charge is -2.70. The Morgan fingerprint density at radius 1 is 0.956 bits per heavy atom. The highest BCUT2D eigenvalue weighted by Crippen LogP contribution is 2.75. The van der Waals surface area contributed by atoms with Crippen molar-refractivity contribution in [3.05, 3.63) is 59.6 Å². The van der Waals surface area contributed by atoms with E-state index in [0.717, 1.165) is 44.2 Å². The van der Waals surface area contributed by atoms with Crippen molar-refractivity contribution in [2.24, 2.45) is 51.2 Å². The van der Waals surface area contributed by atoms with Crippen LogP contribution in [0.3, 0.4) is 0 Å². The molecule has 0 amide bonds. The first-order valence-electron chi connectivity index (χ1n) is 17.5. The van der Waals surface area contributed by atoms with Crippen molar-refractivity contribution in [1.29, 1.82) is 0 Å². The van der Waals surface area contributed by atoms with Crippen molar-refractivity contribution in [2.75, 3.05) is 0 Å². The largest absolute Gasteiger partial charge is 0.481 e. The molecule has 0 saturated heterocycles. The molecule has 6 heteroatoms. The third-order valence-electron chi connectivity index (χ3n) is 15.3. The SMILES string of the molecule is C[C@@H]1CC[C@]2(C(=O)O)CC[C@]3(C)C(=CCC4[C@@]5(C)Cc6c(nc7ncnn7c6-c6ccccc6)C(C)(C)C5CC[C@]43C)C2[C@H]1C. The summed E-state index contributed by atoms with van der Waals surface area (Å²) in [5.74, 6) is 2.19. The first kappa shape index (κ1) is 29.4. The Bertz CT molecular complexity index is 1740. The Balaban J connectivity index is 1.30. The zero-order chi connectivity index (χ0) is 31.7. The second-order valence-electron chi connectivity index (χ2n) is 17.1. The van der Waals surface area contributed by atoms with Gasteiger partial charge in [0.05, 0.1) is 16.8 Å². The highest BCUT2D eigenvalue weighted by molar-refractivity contribution is 5.77. The van der Waals surface area contributed by atoms with Crippen LogP contribution >= 0.6 is 0 Å². The molecule has 3 fully saturated rings. The molecule has 1 N–H and O–H groups in total. The van der Waals surface area contributed by atoms with Crippen LogP contribution in [0.5, 0.6) is 0 Å². The lowest BCUT2D eigenvalue weighted by Crippen LogP contribution is -2.65. The average Bonchev–Trinajstić information content (AvgIpc) is 3.47. The monoisotopic (exact) mass is 606 g/mol. The Morgan fingerprint density at radius 3 is 2.44 bits per heavy atom. The molecule has 0 bridgehead atoms. The summed E-state index contributed by atoms with van der Waals surface area (Å²) in [7, 11) is 0. The standard InChI is InChI=1S/C39H50N4O2/c1-23-15-18-39(33(44)45)20-19-37(6)27(30(39)24(23)2)13-14-29-36(5)21-26-31(25-11-9-8-10-12-25)43-34(40-22-41-43)42-32(26)35(3,4)28(36)16-17-38(29,37)7/h8-13,22-24,28-30H,14-21H2,1-7H3,(H,44,45)/t23-,24+,28?,29?,30?,36+,37-,38-,39+/m1/s1. The van der Waals surface area contributed by atoms with Crippen LogP contribution in [0.15, 0.2) is 48.3 Å². The summed E-state index contributed by atoms with van der Waals surface area (Å²) in [6.45, 7) is 17.3. The van der Waals surface area contributed by atoms with Gasteiger partial charge in [0.25, 0.3) is 5.78 Å². The van der Waals surface area contributed by atoms with E-state index in [-0.39, 0.29) is 27.6 Å². The Morgan fingerprint density at radius 2 is 1.71 bits per heavy atom. The van der Waals surface area contributed by atoms with Crippen LogP contribution in [0.1, 0.15) is 105 Å². The second-order valence-corrected chi connectivity index (χ2v) is 17.1. The van der Waals surface area contributed by atoms with Gasteiger partial charge in [-0.05, 0) is 97.2 Å². The third-order valence-corrected chi connectivity index (χ3v) is 15.3. The number of carboxylic acids is 1. The van der Waals surface area contributed by atoms with Gasteiger partial charge in [0.1, 0.15) is 6.33 Å². The molecule has 5 aliphatic rings. The quantitative estimate of drug-likeness (QED) is 0.296. The molecule has 2 aromatic heterocycles. The second kappa shape index (κ2) is 9.29. The van der Waals surface area contributed by atoms with Crippen LogP contribution in [0.2, 0.25) is 0 Å². The minimum atomic E-state index is -0.604. The minimum absolute atomic E-state index is 0.000375. The molecular formula is C39H50N4O2. The summed E-state index contributed by atoms with van der Waals surface area (Å²) in [6, 6.07) is 10.7. The van der Waals surface area contributed by atoms with E-state index in [1.165, 1.54) is 35.2 Å². The van der Waals surface area contributed by atoms with Crippen LogP contribution in [-0.4, -0.2) is 30.7 Å². The van der Waals surface area contributed by atoms with Crippen LogP contribution in [0.4, 0.5) is 0 Å². The van der Waals surface area contributed by atoms with Crippen LogP contribution in [-0.2, 0) is 16.6 Å². The van der Waals surface area contributed by atoms with Crippen molar-refractivity contribution >= 4 is 11.7 Å². The number of carboxylic acid groups (broad SMARTS) is 1. The first-order chi connectivity index (χ1) is 21.3. The number of benzene rings is 1. The van der Waals surface area contributed by atoms with Crippen LogP contribution < -0.4 is 0 Å². The Kier molecular flexibility index (Phi) is 6.07. The number of nitrogens with zero attached hydrogens (tertiary/aromatic N) is 4. The summed E-state index contributed by atoms with van der Waals surface area (Å²) in [5.41, 5.74) is 5.76. The fourth-order valence-electron chi connectivity index (χ4n) is 12.7. The van der Waals surface area contributed by atoms with Crippen molar-refractivity contribution < 1.29 is 9.90 Å². The fraction of sp³-hybridized carbons (Fsp3) is 0.641. The van der Waals surface area contributed by atoms with Gasteiger partial charge in [-0.1, -0.05) is 90.4 Å². The maximum Gasteiger partial charge on any atom is 0.310 e. The molecule has 5 aliphatic carbocycles. The van der Waals surface area contributed by atoms with E-state index in [9.17, 15) is 9.90 Å². The molecule has 2 heterocycles. The third kappa shape index (κ3) is 3.52. The van der Waals surface area contributed by atoms with Gasteiger partial charge < -0.3 is 5.11 Å². The molecule has 9 atom stereocenters. The normalized spacial score (nSPS) is 41.6. The van der Waals surface area contributed by atoms with E-state index in [1.807, 2.05) is 4.52 Å². The molecule has 0 spiro atoms. The minimum Gasteiger partial charge on any atom is -0.481 e. The smallest absolute Gasteiger partial charge is 0.310 e. The number of aromatic nitrogens is 4. The Labute approximate surface area is 268 Å². The molecule has 3 saturated carbocycles. The van der Waals surface area contributed by atoms with Crippen molar-refractivity contribution in [3.8, 4) is 11.3 Å². The highest BCUT2D eigenvalue weighted by atomic mass is 16.4. The molecule has 1 aromatic carbocycles. The molecular weight excluding hydrogens is 556 g/mol. The molecule has 6 nitrogen and oxygen atoms in total. The van der Waals surface area contributed by atoms with Gasteiger partial charge in [-0.2, -0.15) is 14.6 Å². The van der Waals surface area contributed by atoms with Gasteiger partial charge >= 0.3 is 5.97 Å². The molecule has 3 aromatic rings. The maximum atomic E-state index is 13.1. The van der Waals surface area contributed by atoms with Crippen LogP contribution in [0, 0.1) is 51.2 Å². The van der Waals surface area contributed by atoms with Crippen LogP contribution in [0.25, 0.3) is 17.0 Å². The van der Waals surface area contributed by atoms with Gasteiger partial charge in [-0.25, -0.2) is 4.98 Å². The van der Waals surface area contributed by atoms with Gasteiger partial charge in [0.2, 0.25) is 0 Å². The topological polar surface area (TPSA) is 80.4 Å². The highest BCUT2D eigenvalue weighted by Gasteiger charge is 2.69.